The predicted molar refractivity (Wildman–Crippen MR) is 116 cm³/mol. The molecule has 2 aromatic carbocycles. The summed E-state index contributed by atoms with van der Waals surface area (Å²) >= 11 is 0. The number of rotatable bonds is 6. The van der Waals surface area contributed by atoms with E-state index in [0.717, 1.165) is 43.7 Å². The van der Waals surface area contributed by atoms with E-state index in [4.69, 9.17) is 4.74 Å². The number of anilines is 1. The fourth-order valence-electron chi connectivity index (χ4n) is 3.94. The van der Waals surface area contributed by atoms with E-state index in [1.54, 1.807) is 7.11 Å². The molecule has 1 fully saturated rings. The van der Waals surface area contributed by atoms with Crippen molar-refractivity contribution >= 4 is 11.8 Å². The average Bonchev–Trinajstić information content (AvgIpc) is 2.80. The van der Waals surface area contributed by atoms with Gasteiger partial charge in [0.15, 0.2) is 5.82 Å². The lowest BCUT2D eigenvalue weighted by Gasteiger charge is -2.33. The van der Waals surface area contributed by atoms with E-state index in [-0.39, 0.29) is 5.56 Å². The van der Waals surface area contributed by atoms with E-state index in [0.29, 0.717) is 17.6 Å². The highest BCUT2D eigenvalue weighted by atomic mass is 16.5. The Morgan fingerprint density at radius 3 is 2.43 bits per heavy atom. The van der Waals surface area contributed by atoms with E-state index in [1.807, 2.05) is 30.3 Å². The Balaban J connectivity index is 1.53. The molecule has 1 N–H and O–H groups in total. The topological polar surface area (TPSA) is 75.6 Å². The van der Waals surface area contributed by atoms with Crippen molar-refractivity contribution in [2.75, 3.05) is 25.1 Å². The third-order valence-corrected chi connectivity index (χ3v) is 5.63. The first-order valence-electron chi connectivity index (χ1n) is 10.2. The van der Waals surface area contributed by atoms with Gasteiger partial charge in [0.2, 0.25) is 0 Å². The first-order valence-corrected chi connectivity index (χ1v) is 10.2. The van der Waals surface area contributed by atoms with Gasteiger partial charge in [0.05, 0.1) is 7.11 Å². The van der Waals surface area contributed by atoms with E-state index in [9.17, 15) is 9.90 Å². The summed E-state index contributed by atoms with van der Waals surface area (Å²) < 4.78 is 5.20. The van der Waals surface area contributed by atoms with Crippen molar-refractivity contribution in [2.24, 2.45) is 5.92 Å². The molecule has 0 saturated carbocycles. The van der Waals surface area contributed by atoms with Gasteiger partial charge in [0, 0.05) is 24.8 Å². The quantitative estimate of drug-likeness (QED) is 0.661. The van der Waals surface area contributed by atoms with Gasteiger partial charge < -0.3 is 14.7 Å². The van der Waals surface area contributed by atoms with Crippen LogP contribution >= 0.6 is 0 Å². The summed E-state index contributed by atoms with van der Waals surface area (Å²) in [6, 6.07) is 18.0. The molecule has 4 rings (SSSR count). The minimum absolute atomic E-state index is 0.147. The lowest BCUT2D eigenvalue weighted by Crippen LogP contribution is -2.36. The van der Waals surface area contributed by atoms with Crippen LogP contribution in [-0.2, 0) is 6.42 Å². The zero-order valence-corrected chi connectivity index (χ0v) is 17.0. The maximum Gasteiger partial charge on any atom is 0.341 e. The minimum atomic E-state index is -1.00. The van der Waals surface area contributed by atoms with Gasteiger partial charge in [0.25, 0.3) is 0 Å². The van der Waals surface area contributed by atoms with Gasteiger partial charge in [-0.15, -0.1) is 0 Å². The third-order valence-electron chi connectivity index (χ3n) is 5.63. The monoisotopic (exact) mass is 403 g/mol. The highest BCUT2D eigenvalue weighted by Gasteiger charge is 2.25. The summed E-state index contributed by atoms with van der Waals surface area (Å²) in [5.74, 6) is 1.37. The number of ether oxygens (including phenoxy) is 1. The van der Waals surface area contributed by atoms with Crippen LogP contribution in [0.25, 0.3) is 11.4 Å². The van der Waals surface area contributed by atoms with Crippen LogP contribution in [0.3, 0.4) is 0 Å². The summed E-state index contributed by atoms with van der Waals surface area (Å²) in [7, 11) is 1.62. The molecule has 1 aliphatic rings. The molecule has 0 bridgehead atoms. The Kier molecular flexibility index (Phi) is 5.93. The predicted octanol–water partition coefficient (Wildman–Crippen LogP) is 4.31. The molecular formula is C24H25N3O3. The molecule has 154 valence electrons. The summed E-state index contributed by atoms with van der Waals surface area (Å²) in [4.78, 5) is 22.8. The number of carboxylic acids is 1. The van der Waals surface area contributed by atoms with Crippen molar-refractivity contribution < 1.29 is 14.6 Å². The highest BCUT2D eigenvalue weighted by molar-refractivity contribution is 5.93. The maximum atomic E-state index is 11.8. The standard InChI is InChI=1S/C24H25N3O3/c1-30-20-9-7-19(8-10-20)22-25-16-21(24(28)29)23(26-22)27-13-11-18(12-14-27)15-17-5-3-2-4-6-17/h2-10,16,18H,11-15H2,1H3,(H,28,29). The molecule has 0 aliphatic carbocycles. The van der Waals surface area contributed by atoms with Gasteiger partial charge in [-0.1, -0.05) is 30.3 Å². The van der Waals surface area contributed by atoms with Crippen molar-refractivity contribution in [1.29, 1.82) is 0 Å². The maximum absolute atomic E-state index is 11.8. The zero-order chi connectivity index (χ0) is 20.9. The molecule has 0 spiro atoms. The van der Waals surface area contributed by atoms with Crippen LogP contribution < -0.4 is 9.64 Å². The molecule has 30 heavy (non-hydrogen) atoms. The van der Waals surface area contributed by atoms with E-state index >= 15 is 0 Å². The highest BCUT2D eigenvalue weighted by Crippen LogP contribution is 2.29. The first-order chi connectivity index (χ1) is 14.6. The summed E-state index contributed by atoms with van der Waals surface area (Å²) in [6.45, 7) is 1.58. The van der Waals surface area contributed by atoms with Gasteiger partial charge in [-0.3, -0.25) is 0 Å². The zero-order valence-electron chi connectivity index (χ0n) is 17.0. The Labute approximate surface area is 176 Å². The van der Waals surface area contributed by atoms with Gasteiger partial charge >= 0.3 is 5.97 Å². The minimum Gasteiger partial charge on any atom is -0.497 e. The smallest absolute Gasteiger partial charge is 0.341 e. The lowest BCUT2D eigenvalue weighted by atomic mass is 9.90. The molecule has 1 aromatic heterocycles. The molecule has 0 atom stereocenters. The van der Waals surface area contributed by atoms with E-state index < -0.39 is 5.97 Å². The fraction of sp³-hybridized carbons (Fsp3) is 0.292. The van der Waals surface area contributed by atoms with Gasteiger partial charge in [-0.05, 0) is 55.0 Å². The number of hydrogen-bond acceptors (Lipinski definition) is 5. The second kappa shape index (κ2) is 8.95. The number of aromatic nitrogens is 2. The second-order valence-electron chi connectivity index (χ2n) is 7.58. The van der Waals surface area contributed by atoms with Crippen LogP contribution in [0.2, 0.25) is 0 Å². The number of benzene rings is 2. The number of aromatic carboxylic acids is 1. The first kappa shape index (κ1) is 19.9. The summed E-state index contributed by atoms with van der Waals surface area (Å²) in [6.07, 6.45) is 4.49. The molecule has 0 radical (unpaired) electrons. The van der Waals surface area contributed by atoms with E-state index in [2.05, 4.69) is 39.1 Å². The van der Waals surface area contributed by atoms with Crippen LogP contribution in [0.5, 0.6) is 5.75 Å². The number of piperidine rings is 1. The van der Waals surface area contributed by atoms with Gasteiger partial charge in [-0.2, -0.15) is 0 Å². The normalized spacial score (nSPS) is 14.5. The van der Waals surface area contributed by atoms with E-state index in [1.165, 1.54) is 11.8 Å². The van der Waals surface area contributed by atoms with Crippen LogP contribution in [0.1, 0.15) is 28.8 Å². The molecule has 6 heteroatoms. The van der Waals surface area contributed by atoms with Crippen molar-refractivity contribution in [3.63, 3.8) is 0 Å². The average molecular weight is 403 g/mol. The Hall–Kier alpha value is -3.41. The molecule has 0 amide bonds. The summed E-state index contributed by atoms with van der Waals surface area (Å²) in [5.41, 5.74) is 2.33. The van der Waals surface area contributed by atoms with Crippen molar-refractivity contribution in [3.8, 4) is 17.1 Å². The molecular weight excluding hydrogens is 378 g/mol. The molecule has 0 unspecified atom stereocenters. The molecule has 2 heterocycles. The third kappa shape index (κ3) is 4.43. The number of methoxy groups -OCH3 is 1. The van der Waals surface area contributed by atoms with Crippen molar-refractivity contribution in [3.05, 3.63) is 71.9 Å². The number of carboxylic acid groups (broad SMARTS) is 1. The number of hydrogen-bond donors (Lipinski definition) is 1. The summed E-state index contributed by atoms with van der Waals surface area (Å²) in [5, 5.41) is 9.65. The molecule has 6 nitrogen and oxygen atoms in total. The van der Waals surface area contributed by atoms with Gasteiger partial charge in [-0.25, -0.2) is 14.8 Å². The van der Waals surface area contributed by atoms with Crippen molar-refractivity contribution in [1.82, 2.24) is 9.97 Å². The SMILES string of the molecule is COc1ccc(-c2ncc(C(=O)O)c(N3CCC(Cc4ccccc4)CC3)n2)cc1. The van der Waals surface area contributed by atoms with Crippen LogP contribution in [0.15, 0.2) is 60.8 Å². The second-order valence-corrected chi connectivity index (χ2v) is 7.58. The lowest BCUT2D eigenvalue weighted by molar-refractivity contribution is 0.0696. The molecule has 1 aliphatic heterocycles. The number of nitrogens with zero attached hydrogens (tertiary/aromatic N) is 3. The number of carbonyl (C=O) groups is 1. The Bertz CT molecular complexity index is 998. The largest absolute Gasteiger partial charge is 0.497 e. The Morgan fingerprint density at radius 2 is 1.80 bits per heavy atom. The fourth-order valence-corrected chi connectivity index (χ4v) is 3.94. The Morgan fingerprint density at radius 1 is 1.10 bits per heavy atom. The van der Waals surface area contributed by atoms with Crippen LogP contribution in [-0.4, -0.2) is 41.2 Å². The van der Waals surface area contributed by atoms with Crippen molar-refractivity contribution in [2.45, 2.75) is 19.3 Å². The van der Waals surface area contributed by atoms with Crippen LogP contribution in [0, 0.1) is 5.92 Å². The molecule has 3 aromatic rings. The van der Waals surface area contributed by atoms with Gasteiger partial charge in [0.1, 0.15) is 17.1 Å². The van der Waals surface area contributed by atoms with Crippen LogP contribution in [0.4, 0.5) is 5.82 Å². The molecule has 1 saturated heterocycles.